The van der Waals surface area contributed by atoms with Gasteiger partial charge >= 0.3 is 0 Å². The summed E-state index contributed by atoms with van der Waals surface area (Å²) in [5.74, 6) is 2.01. The lowest BCUT2D eigenvalue weighted by Crippen LogP contribution is -1.91. The van der Waals surface area contributed by atoms with Gasteiger partial charge in [-0.3, -0.25) is 0 Å². The molecule has 0 unspecified atom stereocenters. The SMILES string of the molecule is CCn1cnc2ccc(-c3noc(Cc4ccc(OC)cc4)n3)cc21. The number of methoxy groups -OCH3 is 1. The van der Waals surface area contributed by atoms with Crippen LogP contribution in [0.4, 0.5) is 0 Å². The first-order chi connectivity index (χ1) is 12.3. The van der Waals surface area contributed by atoms with Crippen molar-refractivity contribution < 1.29 is 9.26 Å². The lowest BCUT2D eigenvalue weighted by molar-refractivity contribution is 0.385. The van der Waals surface area contributed by atoms with Crippen molar-refractivity contribution in [3.05, 3.63) is 60.2 Å². The molecule has 0 radical (unpaired) electrons. The fraction of sp³-hybridized carbons (Fsp3) is 0.211. The first-order valence-corrected chi connectivity index (χ1v) is 8.17. The normalized spacial score (nSPS) is 11.1. The van der Waals surface area contributed by atoms with Crippen LogP contribution in [0.15, 0.2) is 53.3 Å². The number of benzene rings is 2. The van der Waals surface area contributed by atoms with Gasteiger partial charge < -0.3 is 13.8 Å². The van der Waals surface area contributed by atoms with Gasteiger partial charge in [0.25, 0.3) is 0 Å². The van der Waals surface area contributed by atoms with Crippen molar-refractivity contribution in [2.45, 2.75) is 19.9 Å². The molecule has 4 rings (SSSR count). The topological polar surface area (TPSA) is 66.0 Å². The molecule has 0 atom stereocenters. The van der Waals surface area contributed by atoms with E-state index >= 15 is 0 Å². The third-order valence-corrected chi connectivity index (χ3v) is 4.20. The number of aryl methyl sites for hydroxylation is 1. The minimum atomic E-state index is 0.587. The third kappa shape index (κ3) is 2.98. The Morgan fingerprint density at radius 3 is 2.72 bits per heavy atom. The Labute approximate surface area is 145 Å². The second-order valence-corrected chi connectivity index (χ2v) is 5.77. The molecule has 126 valence electrons. The molecule has 6 heteroatoms. The minimum absolute atomic E-state index is 0.587. The fourth-order valence-corrected chi connectivity index (χ4v) is 2.81. The number of imidazole rings is 1. The minimum Gasteiger partial charge on any atom is -0.497 e. The zero-order chi connectivity index (χ0) is 17.2. The van der Waals surface area contributed by atoms with Crippen LogP contribution >= 0.6 is 0 Å². The fourth-order valence-electron chi connectivity index (χ4n) is 2.81. The second kappa shape index (κ2) is 6.39. The van der Waals surface area contributed by atoms with Crippen LogP contribution < -0.4 is 4.74 Å². The summed E-state index contributed by atoms with van der Waals surface area (Å²) in [5.41, 5.74) is 4.05. The quantitative estimate of drug-likeness (QED) is 0.557. The van der Waals surface area contributed by atoms with Crippen molar-refractivity contribution >= 4 is 11.0 Å². The molecule has 0 N–H and O–H groups in total. The van der Waals surface area contributed by atoms with Gasteiger partial charge in [-0.15, -0.1) is 0 Å². The average molecular weight is 334 g/mol. The summed E-state index contributed by atoms with van der Waals surface area (Å²) >= 11 is 0. The van der Waals surface area contributed by atoms with Crippen LogP contribution in [0.1, 0.15) is 18.4 Å². The molecule has 0 aliphatic heterocycles. The lowest BCUT2D eigenvalue weighted by atomic mass is 10.1. The van der Waals surface area contributed by atoms with E-state index in [1.54, 1.807) is 7.11 Å². The van der Waals surface area contributed by atoms with Crippen LogP contribution in [0.25, 0.3) is 22.4 Å². The molecule has 0 bridgehead atoms. The van der Waals surface area contributed by atoms with Gasteiger partial charge in [-0.05, 0) is 42.8 Å². The van der Waals surface area contributed by atoms with Gasteiger partial charge in [0.2, 0.25) is 11.7 Å². The molecule has 0 aliphatic rings. The van der Waals surface area contributed by atoms with E-state index in [-0.39, 0.29) is 0 Å². The Bertz CT molecular complexity index is 1000. The van der Waals surface area contributed by atoms with Gasteiger partial charge in [-0.25, -0.2) is 4.98 Å². The molecule has 2 aromatic carbocycles. The highest BCUT2D eigenvalue weighted by Crippen LogP contribution is 2.23. The van der Waals surface area contributed by atoms with E-state index in [0.717, 1.165) is 34.5 Å². The summed E-state index contributed by atoms with van der Waals surface area (Å²) in [5, 5.41) is 4.12. The molecule has 25 heavy (non-hydrogen) atoms. The van der Waals surface area contributed by atoms with Crippen LogP contribution in [0, 0.1) is 0 Å². The maximum Gasteiger partial charge on any atom is 0.231 e. The Morgan fingerprint density at radius 1 is 1.12 bits per heavy atom. The monoisotopic (exact) mass is 334 g/mol. The molecule has 2 aromatic heterocycles. The highest BCUT2D eigenvalue weighted by Gasteiger charge is 2.11. The third-order valence-electron chi connectivity index (χ3n) is 4.20. The zero-order valence-corrected chi connectivity index (χ0v) is 14.1. The van der Waals surface area contributed by atoms with Crippen LogP contribution in [0.3, 0.4) is 0 Å². The molecule has 2 heterocycles. The number of fused-ring (bicyclic) bond motifs is 1. The summed E-state index contributed by atoms with van der Waals surface area (Å²) in [4.78, 5) is 8.91. The predicted molar refractivity (Wildman–Crippen MR) is 94.5 cm³/mol. The molecule has 0 amide bonds. The molecule has 0 fully saturated rings. The summed E-state index contributed by atoms with van der Waals surface area (Å²) in [6.45, 7) is 2.96. The number of rotatable bonds is 5. The molecule has 0 saturated heterocycles. The van der Waals surface area contributed by atoms with Gasteiger partial charge in [0.15, 0.2) is 0 Å². The zero-order valence-electron chi connectivity index (χ0n) is 14.1. The van der Waals surface area contributed by atoms with E-state index < -0.39 is 0 Å². The van der Waals surface area contributed by atoms with Crippen molar-refractivity contribution in [1.29, 1.82) is 0 Å². The van der Waals surface area contributed by atoms with E-state index in [1.165, 1.54) is 0 Å². The van der Waals surface area contributed by atoms with E-state index in [0.29, 0.717) is 18.1 Å². The Morgan fingerprint density at radius 2 is 1.96 bits per heavy atom. The van der Waals surface area contributed by atoms with Crippen molar-refractivity contribution in [1.82, 2.24) is 19.7 Å². The summed E-state index contributed by atoms with van der Waals surface area (Å²) in [6.07, 6.45) is 2.44. The number of nitrogens with zero attached hydrogens (tertiary/aromatic N) is 4. The van der Waals surface area contributed by atoms with Gasteiger partial charge in [0, 0.05) is 12.1 Å². The molecule has 0 spiro atoms. The van der Waals surface area contributed by atoms with Crippen LogP contribution in [-0.4, -0.2) is 26.8 Å². The maximum atomic E-state index is 5.41. The number of hydrogen-bond acceptors (Lipinski definition) is 5. The molecule has 6 nitrogen and oxygen atoms in total. The molecule has 0 saturated carbocycles. The lowest BCUT2D eigenvalue weighted by Gasteiger charge is -2.01. The van der Waals surface area contributed by atoms with Crippen LogP contribution in [0.5, 0.6) is 5.75 Å². The Kier molecular flexibility index (Phi) is 3.93. The highest BCUT2D eigenvalue weighted by atomic mass is 16.5. The van der Waals surface area contributed by atoms with Crippen molar-refractivity contribution in [2.24, 2.45) is 0 Å². The molecular formula is C19H18N4O2. The van der Waals surface area contributed by atoms with Gasteiger partial charge in [0.05, 0.1) is 30.9 Å². The Balaban J connectivity index is 1.59. The summed E-state index contributed by atoms with van der Waals surface area (Å²) in [6, 6.07) is 13.8. The van der Waals surface area contributed by atoms with Gasteiger partial charge in [0.1, 0.15) is 5.75 Å². The van der Waals surface area contributed by atoms with E-state index in [4.69, 9.17) is 9.26 Å². The second-order valence-electron chi connectivity index (χ2n) is 5.77. The molecular weight excluding hydrogens is 316 g/mol. The smallest absolute Gasteiger partial charge is 0.231 e. The van der Waals surface area contributed by atoms with E-state index in [2.05, 4.69) is 26.6 Å². The molecule has 4 aromatic rings. The van der Waals surface area contributed by atoms with Crippen LogP contribution in [0.2, 0.25) is 0 Å². The standard InChI is InChI=1S/C19H18N4O2/c1-3-23-12-20-16-9-6-14(11-17(16)23)19-21-18(25-22-19)10-13-4-7-15(24-2)8-5-13/h4-9,11-12H,3,10H2,1-2H3. The largest absolute Gasteiger partial charge is 0.497 e. The first-order valence-electron chi connectivity index (χ1n) is 8.17. The van der Waals surface area contributed by atoms with Crippen molar-refractivity contribution in [2.75, 3.05) is 7.11 Å². The van der Waals surface area contributed by atoms with Gasteiger partial charge in [-0.2, -0.15) is 4.98 Å². The number of ether oxygens (including phenoxy) is 1. The van der Waals surface area contributed by atoms with E-state index in [1.807, 2.05) is 48.8 Å². The van der Waals surface area contributed by atoms with E-state index in [9.17, 15) is 0 Å². The van der Waals surface area contributed by atoms with Crippen molar-refractivity contribution in [3.8, 4) is 17.1 Å². The average Bonchev–Trinajstić information content (AvgIpc) is 3.28. The highest BCUT2D eigenvalue weighted by molar-refractivity contribution is 5.80. The first kappa shape index (κ1) is 15.4. The van der Waals surface area contributed by atoms with Crippen molar-refractivity contribution in [3.63, 3.8) is 0 Å². The summed E-state index contributed by atoms with van der Waals surface area (Å²) in [7, 11) is 1.65. The summed E-state index contributed by atoms with van der Waals surface area (Å²) < 4.78 is 12.7. The molecule has 0 aliphatic carbocycles. The van der Waals surface area contributed by atoms with Gasteiger partial charge in [-0.1, -0.05) is 17.3 Å². The maximum absolute atomic E-state index is 5.41. The Hall–Kier alpha value is -3.15. The number of aromatic nitrogens is 4. The predicted octanol–water partition coefficient (Wildman–Crippen LogP) is 3.71. The van der Waals surface area contributed by atoms with Crippen LogP contribution in [-0.2, 0) is 13.0 Å². The number of hydrogen-bond donors (Lipinski definition) is 0.